The highest BCUT2D eigenvalue weighted by Crippen LogP contribution is 2.45. The largest absolute Gasteiger partial charge is 0.361 e. The topological polar surface area (TPSA) is 46.9 Å². The van der Waals surface area contributed by atoms with Crippen molar-refractivity contribution in [2.75, 3.05) is 19.6 Å². The number of allylic oxidation sites excluding steroid dienone is 1. The molecule has 0 radical (unpaired) electrons. The number of nitrogens with one attached hydrogen (secondary N) is 3. The Bertz CT molecular complexity index is 1510. The Morgan fingerprint density at radius 1 is 0.829 bits per heavy atom. The fraction of sp³-hybridized carbons (Fsp3) is 0.459. The fourth-order valence-corrected chi connectivity index (χ4v) is 8.14. The van der Waals surface area contributed by atoms with E-state index in [9.17, 15) is 0 Å². The Morgan fingerprint density at radius 3 is 2.07 bits per heavy atom. The van der Waals surface area contributed by atoms with E-state index in [4.69, 9.17) is 0 Å². The molecule has 4 nitrogen and oxygen atoms in total. The van der Waals surface area contributed by atoms with Gasteiger partial charge in [-0.25, -0.2) is 0 Å². The minimum Gasteiger partial charge on any atom is -0.361 e. The molecule has 2 aliphatic carbocycles. The van der Waals surface area contributed by atoms with E-state index in [2.05, 4.69) is 109 Å². The third-order valence-electron chi connectivity index (χ3n) is 9.97. The predicted octanol–water partition coefficient (Wildman–Crippen LogP) is 8.09. The van der Waals surface area contributed by atoms with Crippen LogP contribution in [-0.4, -0.2) is 46.6 Å². The summed E-state index contributed by atoms with van der Waals surface area (Å²) in [7, 11) is 0. The molecule has 4 heteroatoms. The number of hydrogen-bond donors (Lipinski definition) is 3. The van der Waals surface area contributed by atoms with Gasteiger partial charge < -0.3 is 15.3 Å². The molecule has 0 unspecified atom stereocenters. The number of nitrogens with zero attached hydrogens (tertiary/aromatic N) is 1. The first-order valence-electron chi connectivity index (χ1n) is 15.9. The van der Waals surface area contributed by atoms with Gasteiger partial charge >= 0.3 is 0 Å². The van der Waals surface area contributed by atoms with Crippen molar-refractivity contribution in [3.05, 3.63) is 96.4 Å². The van der Waals surface area contributed by atoms with E-state index in [1.807, 2.05) is 6.08 Å². The number of hydrogen-bond acceptors (Lipinski definition) is 2. The van der Waals surface area contributed by atoms with Crippen LogP contribution in [-0.2, 0) is 12.8 Å². The van der Waals surface area contributed by atoms with Crippen molar-refractivity contribution in [1.82, 2.24) is 20.2 Å². The number of rotatable bonds is 3. The number of benzene rings is 2. The second-order valence-corrected chi connectivity index (χ2v) is 13.0. The molecular formula is C37H48N4. The third kappa shape index (κ3) is 5.33. The van der Waals surface area contributed by atoms with Crippen LogP contribution < -0.4 is 5.32 Å². The quantitative estimate of drug-likeness (QED) is 0.227. The standard InChI is InChI=1S/C18H22N2.C15H18N2.C4H8/c1-3-7-20-11-12(2)8-15-14-5-4-6-16-18(14)13(10-19-16)9-17(15)20;1-9-5-12-11-3-2-4-13-15(11)10(8-17-13)6-14(12)16-7-9;1-3-4-2/h3-6,10,12,15,17,19H,1,7-9,11H2,2H3;2-4,8-9,12,14,16-17H,5-7H2,1H3;3H,1,4H2,2H3/t12-,15-,17-;9-,12-,14-;/m11./s1. The molecule has 3 N–H and O–H groups in total. The number of fused-ring (bicyclic) bond motifs is 4. The van der Waals surface area contributed by atoms with Crippen molar-refractivity contribution in [1.29, 1.82) is 0 Å². The lowest BCUT2D eigenvalue weighted by Gasteiger charge is -2.46. The zero-order valence-electron chi connectivity index (χ0n) is 25.3. The maximum atomic E-state index is 3.94. The Balaban J connectivity index is 0.000000132. The highest BCUT2D eigenvalue weighted by molar-refractivity contribution is 5.89. The molecule has 4 heterocycles. The molecule has 216 valence electrons. The molecule has 2 aliphatic heterocycles. The fourth-order valence-electron chi connectivity index (χ4n) is 8.14. The van der Waals surface area contributed by atoms with E-state index in [1.165, 1.54) is 71.7 Å². The number of aromatic amines is 2. The monoisotopic (exact) mass is 548 g/mol. The summed E-state index contributed by atoms with van der Waals surface area (Å²) < 4.78 is 0. The highest BCUT2D eigenvalue weighted by atomic mass is 15.2. The first-order chi connectivity index (χ1) is 20.0. The molecule has 6 atom stereocenters. The normalized spacial score (nSPS) is 28.0. The number of aromatic nitrogens is 2. The summed E-state index contributed by atoms with van der Waals surface area (Å²) in [5, 5.41) is 6.74. The zero-order valence-corrected chi connectivity index (χ0v) is 25.3. The van der Waals surface area contributed by atoms with E-state index >= 15 is 0 Å². The molecule has 2 saturated heterocycles. The summed E-state index contributed by atoms with van der Waals surface area (Å²) in [5.41, 5.74) is 8.75. The second-order valence-electron chi connectivity index (χ2n) is 13.0. The van der Waals surface area contributed by atoms with Crippen LogP contribution in [0.5, 0.6) is 0 Å². The summed E-state index contributed by atoms with van der Waals surface area (Å²) in [5.74, 6) is 2.97. The molecule has 2 aromatic heterocycles. The molecule has 4 aromatic rings. The minimum atomic E-state index is 0.651. The van der Waals surface area contributed by atoms with Crippen molar-refractivity contribution in [3.8, 4) is 0 Å². The summed E-state index contributed by atoms with van der Waals surface area (Å²) in [6, 6.07) is 14.8. The van der Waals surface area contributed by atoms with E-state index in [1.54, 1.807) is 11.1 Å². The van der Waals surface area contributed by atoms with Crippen LogP contribution >= 0.6 is 0 Å². The van der Waals surface area contributed by atoms with Gasteiger partial charge in [-0.15, -0.1) is 13.2 Å². The number of piperidine rings is 2. The molecular weight excluding hydrogens is 500 g/mol. The van der Waals surface area contributed by atoms with Gasteiger partial charge in [0.2, 0.25) is 0 Å². The third-order valence-corrected chi connectivity index (χ3v) is 9.97. The molecule has 0 saturated carbocycles. The van der Waals surface area contributed by atoms with Gasteiger partial charge in [0.25, 0.3) is 0 Å². The molecule has 0 bridgehead atoms. The second kappa shape index (κ2) is 12.0. The van der Waals surface area contributed by atoms with Crippen molar-refractivity contribution in [2.24, 2.45) is 11.8 Å². The van der Waals surface area contributed by atoms with Crippen molar-refractivity contribution < 1.29 is 0 Å². The first-order valence-corrected chi connectivity index (χ1v) is 15.9. The predicted molar refractivity (Wildman–Crippen MR) is 175 cm³/mol. The highest BCUT2D eigenvalue weighted by Gasteiger charge is 2.39. The van der Waals surface area contributed by atoms with Crippen LogP contribution in [0.4, 0.5) is 0 Å². The van der Waals surface area contributed by atoms with Gasteiger partial charge in [-0.2, -0.15) is 0 Å². The summed E-state index contributed by atoms with van der Waals surface area (Å²) in [6.45, 7) is 17.6. The van der Waals surface area contributed by atoms with Gasteiger partial charge in [0.1, 0.15) is 0 Å². The number of H-pyrrole nitrogens is 2. The van der Waals surface area contributed by atoms with Gasteiger partial charge in [-0.05, 0) is 84.9 Å². The van der Waals surface area contributed by atoms with E-state index in [0.717, 1.165) is 24.8 Å². The molecule has 4 aliphatic rings. The maximum Gasteiger partial charge on any atom is 0.0459 e. The van der Waals surface area contributed by atoms with Gasteiger partial charge in [0.05, 0.1) is 0 Å². The van der Waals surface area contributed by atoms with Crippen LogP contribution in [0.25, 0.3) is 21.8 Å². The lowest BCUT2D eigenvalue weighted by molar-refractivity contribution is 0.104. The SMILES string of the molecule is C=CCC.C=CCN1C[C@H](C)C[C@@H]2c3cccc4[nH]cc(c34)C[C@H]21.C[C@H]1CN[C@@H]2Cc3c[nH]c4cccc(c34)[C@H]2C1. The summed E-state index contributed by atoms with van der Waals surface area (Å²) in [4.78, 5) is 9.50. The summed E-state index contributed by atoms with van der Waals surface area (Å²) >= 11 is 0. The van der Waals surface area contributed by atoms with Gasteiger partial charge in [0, 0.05) is 71.2 Å². The van der Waals surface area contributed by atoms with E-state index in [-0.39, 0.29) is 0 Å². The molecule has 2 fully saturated rings. The van der Waals surface area contributed by atoms with E-state index in [0.29, 0.717) is 23.9 Å². The van der Waals surface area contributed by atoms with Crippen molar-refractivity contribution in [3.63, 3.8) is 0 Å². The molecule has 0 spiro atoms. The van der Waals surface area contributed by atoms with Gasteiger partial charge in [0.15, 0.2) is 0 Å². The van der Waals surface area contributed by atoms with E-state index < -0.39 is 0 Å². The molecule has 2 aromatic carbocycles. The van der Waals surface area contributed by atoms with Crippen LogP contribution in [0.15, 0.2) is 74.1 Å². The van der Waals surface area contributed by atoms with Crippen molar-refractivity contribution >= 4 is 21.8 Å². The van der Waals surface area contributed by atoms with Crippen LogP contribution in [0, 0.1) is 11.8 Å². The molecule has 8 rings (SSSR count). The Kier molecular flexibility index (Phi) is 8.23. The smallest absolute Gasteiger partial charge is 0.0459 e. The lowest BCUT2D eigenvalue weighted by atomic mass is 9.72. The van der Waals surface area contributed by atoms with Crippen molar-refractivity contribution in [2.45, 2.75) is 76.8 Å². The van der Waals surface area contributed by atoms with Crippen LogP contribution in [0.2, 0.25) is 0 Å². The average Bonchev–Trinajstić information content (AvgIpc) is 3.60. The summed E-state index contributed by atoms with van der Waals surface area (Å²) in [6.07, 6.45) is 14.5. The lowest BCUT2D eigenvalue weighted by Crippen LogP contribution is -2.49. The first kappa shape index (κ1) is 28.1. The average molecular weight is 549 g/mol. The Hall–Kier alpha value is -3.08. The molecule has 0 amide bonds. The Morgan fingerprint density at radius 2 is 1.44 bits per heavy atom. The Labute approximate surface area is 246 Å². The zero-order chi connectivity index (χ0) is 28.5. The van der Waals surface area contributed by atoms with Gasteiger partial charge in [-0.3, -0.25) is 4.90 Å². The number of likely N-dealkylation sites (tertiary alicyclic amines) is 1. The minimum absolute atomic E-state index is 0.651. The van der Waals surface area contributed by atoms with Crippen LogP contribution in [0.3, 0.4) is 0 Å². The van der Waals surface area contributed by atoms with Gasteiger partial charge in [-0.1, -0.05) is 57.2 Å². The molecule has 41 heavy (non-hydrogen) atoms. The van der Waals surface area contributed by atoms with Crippen LogP contribution in [0.1, 0.15) is 74.1 Å². The maximum absolute atomic E-state index is 3.94.